The number of fused-ring (bicyclic) bond motifs is 1. The fraction of sp³-hybridized carbons (Fsp3) is 0.125. The van der Waals surface area contributed by atoms with Crippen LogP contribution in [0.5, 0.6) is 5.75 Å². The quantitative estimate of drug-likeness (QED) is 0.401. The molecule has 0 aliphatic rings. The number of benzene rings is 3. The molecule has 3 aromatic carbocycles. The molecule has 1 atom stereocenters. The number of para-hydroxylation sites is 1. The van der Waals surface area contributed by atoms with Gasteiger partial charge in [-0.15, -0.1) is 0 Å². The third-order valence-electron chi connectivity index (χ3n) is 5.21. The summed E-state index contributed by atoms with van der Waals surface area (Å²) < 4.78 is 43.5. The number of halogens is 3. The first-order valence-electron chi connectivity index (χ1n) is 9.28. The van der Waals surface area contributed by atoms with Crippen LogP contribution >= 0.6 is 0 Å². The van der Waals surface area contributed by atoms with Gasteiger partial charge >= 0.3 is 11.8 Å². The van der Waals surface area contributed by atoms with Gasteiger partial charge in [0.15, 0.2) is 0 Å². The number of hydrogen-bond acceptors (Lipinski definition) is 3. The highest BCUT2D eigenvalue weighted by molar-refractivity contribution is 5.84. The van der Waals surface area contributed by atoms with Crippen molar-refractivity contribution in [3.8, 4) is 16.9 Å². The van der Waals surface area contributed by atoms with Gasteiger partial charge in [-0.05, 0) is 41.0 Å². The summed E-state index contributed by atoms with van der Waals surface area (Å²) in [5.41, 5.74) is 1.33. The molecule has 4 aromatic rings. The van der Waals surface area contributed by atoms with Crippen LogP contribution in [0.2, 0.25) is 0 Å². The Labute approximate surface area is 170 Å². The van der Waals surface area contributed by atoms with Gasteiger partial charge in [0, 0.05) is 5.92 Å². The first-order chi connectivity index (χ1) is 14.3. The smallest absolute Gasteiger partial charge is 0.416 e. The van der Waals surface area contributed by atoms with E-state index in [9.17, 15) is 23.1 Å². The topological polar surface area (TPSA) is 50.4 Å². The van der Waals surface area contributed by atoms with Gasteiger partial charge in [-0.1, -0.05) is 55.5 Å². The molecule has 1 N–H and O–H groups in total. The second kappa shape index (κ2) is 7.37. The van der Waals surface area contributed by atoms with Crippen molar-refractivity contribution in [3.05, 3.63) is 99.9 Å². The van der Waals surface area contributed by atoms with Crippen LogP contribution in [0.15, 0.2) is 82.0 Å². The van der Waals surface area contributed by atoms with E-state index in [0.29, 0.717) is 16.5 Å². The van der Waals surface area contributed by atoms with E-state index in [2.05, 4.69) is 0 Å². The van der Waals surface area contributed by atoms with Gasteiger partial charge in [-0.2, -0.15) is 13.2 Å². The molecule has 3 nitrogen and oxygen atoms in total. The van der Waals surface area contributed by atoms with Crippen LogP contribution in [-0.2, 0) is 6.18 Å². The molecule has 0 amide bonds. The van der Waals surface area contributed by atoms with E-state index in [1.54, 1.807) is 55.5 Å². The lowest BCUT2D eigenvalue weighted by molar-refractivity contribution is -0.137. The third kappa shape index (κ3) is 3.56. The normalized spacial score (nSPS) is 12.8. The average molecular weight is 410 g/mol. The van der Waals surface area contributed by atoms with Crippen molar-refractivity contribution in [2.45, 2.75) is 19.0 Å². The molecule has 6 heteroatoms. The highest BCUT2D eigenvalue weighted by Gasteiger charge is 2.30. The molecule has 1 aromatic heterocycles. The molecule has 1 heterocycles. The minimum Gasteiger partial charge on any atom is -0.507 e. The van der Waals surface area contributed by atoms with Crippen molar-refractivity contribution in [1.82, 2.24) is 0 Å². The molecule has 0 saturated carbocycles. The predicted molar refractivity (Wildman–Crippen MR) is 109 cm³/mol. The summed E-state index contributed by atoms with van der Waals surface area (Å²) in [4.78, 5) is 12.5. The van der Waals surface area contributed by atoms with Crippen molar-refractivity contribution in [3.63, 3.8) is 0 Å². The maximum Gasteiger partial charge on any atom is 0.416 e. The maximum atomic E-state index is 12.7. The summed E-state index contributed by atoms with van der Waals surface area (Å²) in [5.74, 6) is -0.548. The minimum atomic E-state index is -4.37. The predicted octanol–water partition coefficient (Wildman–Crippen LogP) is 6.34. The Balaban J connectivity index is 1.66. The van der Waals surface area contributed by atoms with Crippen molar-refractivity contribution in [2.75, 3.05) is 0 Å². The SMILES string of the molecule is CC(c1ccc(-c2ccc(C(F)(F)F)cc2)cc1)c1c(O)c2ccccc2oc1=O. The van der Waals surface area contributed by atoms with E-state index in [4.69, 9.17) is 4.42 Å². The van der Waals surface area contributed by atoms with Crippen LogP contribution < -0.4 is 5.63 Å². The standard InChI is InChI=1S/C24H17F3O3/c1-14(21-22(28)19-4-2-3-5-20(19)30-23(21)29)15-6-8-16(9-7-15)17-10-12-18(13-11-17)24(25,26)27/h2-14,28H,1H3. The van der Waals surface area contributed by atoms with Gasteiger partial charge in [0.25, 0.3) is 0 Å². The summed E-state index contributed by atoms with van der Waals surface area (Å²) in [6.45, 7) is 1.79. The third-order valence-corrected chi connectivity index (χ3v) is 5.21. The zero-order valence-corrected chi connectivity index (χ0v) is 15.9. The highest BCUT2D eigenvalue weighted by Crippen LogP contribution is 2.35. The van der Waals surface area contributed by atoms with E-state index in [0.717, 1.165) is 23.3 Å². The van der Waals surface area contributed by atoms with Crippen molar-refractivity contribution >= 4 is 11.0 Å². The summed E-state index contributed by atoms with van der Waals surface area (Å²) in [6, 6.07) is 18.8. The van der Waals surface area contributed by atoms with Crippen molar-refractivity contribution < 1.29 is 22.7 Å². The monoisotopic (exact) mass is 410 g/mol. The number of hydrogen-bond donors (Lipinski definition) is 1. The molecule has 0 saturated heterocycles. The van der Waals surface area contributed by atoms with Crippen LogP contribution in [0.1, 0.15) is 29.5 Å². The second-order valence-electron chi connectivity index (χ2n) is 7.07. The van der Waals surface area contributed by atoms with E-state index < -0.39 is 23.3 Å². The summed E-state index contributed by atoms with van der Waals surface area (Å²) in [6.07, 6.45) is -4.37. The zero-order chi connectivity index (χ0) is 21.5. The Morgan fingerprint density at radius 1 is 0.867 bits per heavy atom. The molecule has 0 aliphatic carbocycles. The first-order valence-corrected chi connectivity index (χ1v) is 9.28. The Morgan fingerprint density at radius 2 is 1.43 bits per heavy atom. The van der Waals surface area contributed by atoms with E-state index in [1.165, 1.54) is 12.1 Å². The molecule has 0 spiro atoms. The highest BCUT2D eigenvalue weighted by atomic mass is 19.4. The number of rotatable bonds is 3. The lowest BCUT2D eigenvalue weighted by atomic mass is 9.91. The van der Waals surface area contributed by atoms with Gasteiger partial charge in [0.2, 0.25) is 0 Å². The van der Waals surface area contributed by atoms with Gasteiger partial charge in [0.1, 0.15) is 11.3 Å². The molecule has 0 radical (unpaired) electrons. The van der Waals surface area contributed by atoms with E-state index in [1.807, 2.05) is 0 Å². The second-order valence-corrected chi connectivity index (χ2v) is 7.07. The Morgan fingerprint density at radius 3 is 2.03 bits per heavy atom. The largest absolute Gasteiger partial charge is 0.507 e. The molecule has 30 heavy (non-hydrogen) atoms. The number of alkyl halides is 3. The zero-order valence-electron chi connectivity index (χ0n) is 15.9. The van der Waals surface area contributed by atoms with Gasteiger partial charge in [-0.25, -0.2) is 4.79 Å². The Kier molecular flexibility index (Phi) is 4.86. The van der Waals surface area contributed by atoms with Crippen molar-refractivity contribution in [1.29, 1.82) is 0 Å². The number of aromatic hydroxyl groups is 1. The van der Waals surface area contributed by atoms with Gasteiger partial charge < -0.3 is 9.52 Å². The van der Waals surface area contributed by atoms with Crippen molar-refractivity contribution in [2.24, 2.45) is 0 Å². The van der Waals surface area contributed by atoms with E-state index in [-0.39, 0.29) is 11.3 Å². The van der Waals surface area contributed by atoms with Crippen LogP contribution in [0.25, 0.3) is 22.1 Å². The first kappa shape index (κ1) is 19.8. The average Bonchev–Trinajstić information content (AvgIpc) is 2.73. The Hall–Kier alpha value is -3.54. The molecule has 1 unspecified atom stereocenters. The minimum absolute atomic E-state index is 0.110. The van der Waals surface area contributed by atoms with Crippen LogP contribution in [-0.4, -0.2) is 5.11 Å². The molecule has 152 valence electrons. The summed E-state index contributed by atoms with van der Waals surface area (Å²) in [7, 11) is 0. The lowest BCUT2D eigenvalue weighted by Crippen LogP contribution is -2.12. The van der Waals surface area contributed by atoms with Crippen LogP contribution in [0.3, 0.4) is 0 Å². The maximum absolute atomic E-state index is 12.7. The summed E-state index contributed by atoms with van der Waals surface area (Å²) in [5, 5.41) is 11.1. The fourth-order valence-corrected chi connectivity index (χ4v) is 3.51. The summed E-state index contributed by atoms with van der Waals surface area (Å²) >= 11 is 0. The van der Waals surface area contributed by atoms with Gasteiger partial charge in [-0.3, -0.25) is 0 Å². The van der Waals surface area contributed by atoms with Crippen LogP contribution in [0.4, 0.5) is 13.2 Å². The fourth-order valence-electron chi connectivity index (χ4n) is 3.51. The van der Waals surface area contributed by atoms with Crippen LogP contribution in [0, 0.1) is 0 Å². The molecular formula is C24H17F3O3. The molecule has 0 fully saturated rings. The molecule has 4 rings (SSSR count). The Bertz CT molecular complexity index is 1250. The molecule has 0 bridgehead atoms. The van der Waals surface area contributed by atoms with E-state index >= 15 is 0 Å². The van der Waals surface area contributed by atoms with Gasteiger partial charge in [0.05, 0.1) is 16.5 Å². The lowest BCUT2D eigenvalue weighted by Gasteiger charge is -2.14. The molecule has 0 aliphatic heterocycles. The molecular weight excluding hydrogens is 393 g/mol.